The summed E-state index contributed by atoms with van der Waals surface area (Å²) in [5.74, 6) is 1.97. The van der Waals surface area contributed by atoms with Crippen LogP contribution in [0.4, 0.5) is 0 Å². The van der Waals surface area contributed by atoms with Gasteiger partial charge in [0.25, 0.3) is 0 Å². The first-order valence-electron chi connectivity index (χ1n) is 17.9. The van der Waals surface area contributed by atoms with E-state index in [4.69, 9.17) is 19.4 Å². The number of hydrogen-bond donors (Lipinski definition) is 0. The number of furan rings is 1. The molecule has 10 aromatic rings. The first-order chi connectivity index (χ1) is 26.0. The van der Waals surface area contributed by atoms with Gasteiger partial charge in [0.2, 0.25) is 0 Å². The summed E-state index contributed by atoms with van der Waals surface area (Å²) < 4.78 is 9.00. The highest BCUT2D eigenvalue weighted by Crippen LogP contribution is 2.53. The SMILES string of the molecule is CC1(C)c2cc(-c3cccc(-c4nc(-c5ccccc5)nc(-c5cccc6sc7ccccc7c56)n4)c3)ccc2-c2c1ccc1c2oc2ccccc21. The molecule has 5 heteroatoms. The zero-order valence-electron chi connectivity index (χ0n) is 29.1. The molecule has 53 heavy (non-hydrogen) atoms. The number of hydrogen-bond acceptors (Lipinski definition) is 5. The molecular formula is C48H31N3OS. The van der Waals surface area contributed by atoms with E-state index < -0.39 is 0 Å². The van der Waals surface area contributed by atoms with Crippen LogP contribution in [0.2, 0.25) is 0 Å². The molecule has 3 heterocycles. The van der Waals surface area contributed by atoms with Gasteiger partial charge in [0, 0.05) is 58.6 Å². The van der Waals surface area contributed by atoms with Gasteiger partial charge < -0.3 is 4.42 Å². The molecule has 0 saturated carbocycles. The Hall–Kier alpha value is -6.43. The lowest BCUT2D eigenvalue weighted by atomic mass is 9.81. The average Bonchev–Trinajstić information content (AvgIpc) is 3.86. The third-order valence-corrected chi connectivity index (χ3v) is 12.1. The largest absolute Gasteiger partial charge is 0.455 e. The Bertz CT molecular complexity index is 3100. The molecule has 0 atom stereocenters. The van der Waals surface area contributed by atoms with Crippen molar-refractivity contribution in [3.63, 3.8) is 0 Å². The molecule has 0 N–H and O–H groups in total. The number of fused-ring (bicyclic) bond motifs is 10. The van der Waals surface area contributed by atoms with Crippen LogP contribution < -0.4 is 0 Å². The van der Waals surface area contributed by atoms with Gasteiger partial charge in [-0.3, -0.25) is 0 Å². The third kappa shape index (κ3) is 4.57. The third-order valence-electron chi connectivity index (χ3n) is 10.9. The number of aromatic nitrogens is 3. The van der Waals surface area contributed by atoms with E-state index in [1.54, 1.807) is 11.3 Å². The minimum Gasteiger partial charge on any atom is -0.455 e. The number of benzene rings is 7. The summed E-state index contributed by atoms with van der Waals surface area (Å²) >= 11 is 1.80. The van der Waals surface area contributed by atoms with E-state index >= 15 is 0 Å². The van der Waals surface area contributed by atoms with Gasteiger partial charge >= 0.3 is 0 Å². The fourth-order valence-electron chi connectivity index (χ4n) is 8.32. The monoisotopic (exact) mass is 697 g/mol. The number of para-hydroxylation sites is 1. The zero-order chi connectivity index (χ0) is 35.3. The highest BCUT2D eigenvalue weighted by Gasteiger charge is 2.38. The molecule has 250 valence electrons. The van der Waals surface area contributed by atoms with Gasteiger partial charge in [-0.05, 0) is 58.1 Å². The van der Waals surface area contributed by atoms with Crippen LogP contribution in [0, 0.1) is 0 Å². The summed E-state index contributed by atoms with van der Waals surface area (Å²) in [6.45, 7) is 4.64. The van der Waals surface area contributed by atoms with Crippen molar-refractivity contribution >= 4 is 53.4 Å². The van der Waals surface area contributed by atoms with Gasteiger partial charge in [-0.1, -0.05) is 135 Å². The van der Waals surface area contributed by atoms with Gasteiger partial charge in [0.15, 0.2) is 17.5 Å². The minimum absolute atomic E-state index is 0.188. The summed E-state index contributed by atoms with van der Waals surface area (Å²) in [4.78, 5) is 15.4. The molecule has 0 saturated heterocycles. The lowest BCUT2D eigenvalue weighted by Crippen LogP contribution is -2.14. The van der Waals surface area contributed by atoms with E-state index in [-0.39, 0.29) is 5.41 Å². The molecule has 0 aliphatic heterocycles. The van der Waals surface area contributed by atoms with Crippen molar-refractivity contribution < 1.29 is 4.42 Å². The van der Waals surface area contributed by atoms with Crippen molar-refractivity contribution in [3.8, 4) is 56.4 Å². The Morgan fingerprint density at radius 1 is 0.472 bits per heavy atom. The van der Waals surface area contributed by atoms with Crippen LogP contribution in [0.25, 0.3) is 98.5 Å². The molecule has 7 aromatic carbocycles. The van der Waals surface area contributed by atoms with Gasteiger partial charge in [0.1, 0.15) is 11.2 Å². The Kier molecular flexibility index (Phi) is 6.43. The van der Waals surface area contributed by atoms with Crippen molar-refractivity contribution in [3.05, 3.63) is 163 Å². The van der Waals surface area contributed by atoms with Crippen LogP contribution in [-0.4, -0.2) is 15.0 Å². The highest BCUT2D eigenvalue weighted by atomic mass is 32.1. The van der Waals surface area contributed by atoms with Crippen LogP contribution in [0.3, 0.4) is 0 Å². The number of rotatable bonds is 4. The van der Waals surface area contributed by atoms with Gasteiger partial charge in [-0.2, -0.15) is 0 Å². The Labute approximate surface area is 310 Å². The molecule has 0 spiro atoms. The predicted molar refractivity (Wildman–Crippen MR) is 219 cm³/mol. The number of nitrogens with zero attached hydrogens (tertiary/aromatic N) is 3. The molecule has 1 aliphatic rings. The van der Waals surface area contributed by atoms with Crippen molar-refractivity contribution in [1.82, 2.24) is 15.0 Å². The molecule has 0 radical (unpaired) electrons. The zero-order valence-corrected chi connectivity index (χ0v) is 29.9. The smallest absolute Gasteiger partial charge is 0.164 e. The molecule has 11 rings (SSSR count). The normalized spacial score (nSPS) is 13.2. The molecular weight excluding hydrogens is 667 g/mol. The Morgan fingerprint density at radius 2 is 1.15 bits per heavy atom. The molecule has 0 fully saturated rings. The molecule has 1 aliphatic carbocycles. The fraction of sp³-hybridized carbons (Fsp3) is 0.0625. The van der Waals surface area contributed by atoms with Crippen molar-refractivity contribution in [2.75, 3.05) is 0 Å². The van der Waals surface area contributed by atoms with Gasteiger partial charge in [-0.15, -0.1) is 11.3 Å². The number of thiophene rings is 1. The van der Waals surface area contributed by atoms with Crippen LogP contribution in [0.15, 0.2) is 156 Å². The molecule has 0 amide bonds. The second-order valence-electron chi connectivity index (χ2n) is 14.4. The van der Waals surface area contributed by atoms with Crippen LogP contribution >= 0.6 is 11.3 Å². The first kappa shape index (κ1) is 30.2. The van der Waals surface area contributed by atoms with Crippen LogP contribution in [0.1, 0.15) is 25.0 Å². The summed E-state index contributed by atoms with van der Waals surface area (Å²) in [6.07, 6.45) is 0. The first-order valence-corrected chi connectivity index (χ1v) is 18.8. The van der Waals surface area contributed by atoms with Crippen LogP contribution in [-0.2, 0) is 5.41 Å². The van der Waals surface area contributed by atoms with E-state index in [1.165, 1.54) is 42.4 Å². The maximum Gasteiger partial charge on any atom is 0.164 e. The Morgan fingerprint density at radius 3 is 2.04 bits per heavy atom. The average molecular weight is 698 g/mol. The van der Waals surface area contributed by atoms with Crippen molar-refractivity contribution in [2.24, 2.45) is 0 Å². The van der Waals surface area contributed by atoms with Crippen molar-refractivity contribution in [2.45, 2.75) is 19.3 Å². The Balaban J connectivity index is 1.06. The molecule has 0 unspecified atom stereocenters. The second kappa shape index (κ2) is 11.3. The predicted octanol–water partition coefficient (Wildman–Crippen LogP) is 13.1. The van der Waals surface area contributed by atoms with E-state index in [1.807, 2.05) is 24.3 Å². The van der Waals surface area contributed by atoms with E-state index in [0.29, 0.717) is 17.5 Å². The lowest BCUT2D eigenvalue weighted by Gasteiger charge is -2.22. The summed E-state index contributed by atoms with van der Waals surface area (Å²) in [7, 11) is 0. The lowest BCUT2D eigenvalue weighted by molar-refractivity contribution is 0.653. The maximum atomic E-state index is 6.53. The fourth-order valence-corrected chi connectivity index (χ4v) is 9.45. The van der Waals surface area contributed by atoms with E-state index in [0.717, 1.165) is 49.8 Å². The summed E-state index contributed by atoms with van der Waals surface area (Å²) in [5, 5.41) is 4.72. The van der Waals surface area contributed by atoms with Gasteiger partial charge in [0.05, 0.1) is 0 Å². The molecule has 4 nitrogen and oxygen atoms in total. The highest BCUT2D eigenvalue weighted by molar-refractivity contribution is 7.25. The molecule has 0 bridgehead atoms. The minimum atomic E-state index is -0.188. The summed E-state index contributed by atoms with van der Waals surface area (Å²) in [6, 6.07) is 53.5. The van der Waals surface area contributed by atoms with Crippen LogP contribution in [0.5, 0.6) is 0 Å². The van der Waals surface area contributed by atoms with E-state index in [9.17, 15) is 0 Å². The van der Waals surface area contributed by atoms with Crippen molar-refractivity contribution in [1.29, 1.82) is 0 Å². The standard InChI is InChI=1S/C48H31N3OS/c1-48(2)37-25-24-33-32-16-6-8-19-39(32)52-44(33)43(37)34-23-22-30(27-38(34)48)29-14-10-15-31(26-29)46-49-45(28-12-4-3-5-13-28)50-47(51-46)36-18-11-21-41-42(36)35-17-7-9-20-40(35)53-41/h3-27H,1-2H3. The molecule has 3 aromatic heterocycles. The second-order valence-corrected chi connectivity index (χ2v) is 15.5. The topological polar surface area (TPSA) is 51.8 Å². The quantitative estimate of drug-likeness (QED) is 0.184. The van der Waals surface area contributed by atoms with Gasteiger partial charge in [-0.25, -0.2) is 15.0 Å². The maximum absolute atomic E-state index is 6.53. The summed E-state index contributed by atoms with van der Waals surface area (Å²) in [5.41, 5.74) is 11.9. The van der Waals surface area contributed by atoms with E-state index in [2.05, 4.69) is 141 Å².